The molecule has 0 saturated heterocycles. The van der Waals surface area contributed by atoms with Gasteiger partial charge in [0.15, 0.2) is 11.7 Å². The van der Waals surface area contributed by atoms with Gasteiger partial charge in [0.2, 0.25) is 5.91 Å². The van der Waals surface area contributed by atoms with E-state index in [1.165, 1.54) is 18.3 Å². The molecule has 1 atom stereocenters. The molecule has 2 aromatic carbocycles. The summed E-state index contributed by atoms with van der Waals surface area (Å²) in [6.07, 6.45) is 3.95. The van der Waals surface area contributed by atoms with Crippen molar-refractivity contribution in [2.24, 2.45) is 0 Å². The number of carbonyl (C=O) groups is 1. The molecule has 162 valence electrons. The van der Waals surface area contributed by atoms with Gasteiger partial charge in [0.1, 0.15) is 11.6 Å². The Balaban J connectivity index is 1.32. The van der Waals surface area contributed by atoms with E-state index in [0.29, 0.717) is 18.9 Å². The van der Waals surface area contributed by atoms with Crippen LogP contribution in [0, 0.1) is 11.6 Å². The third-order valence-corrected chi connectivity index (χ3v) is 5.78. The molecule has 0 N–H and O–H groups in total. The summed E-state index contributed by atoms with van der Waals surface area (Å²) in [5, 5.41) is 0. The molecule has 32 heavy (non-hydrogen) atoms. The maximum absolute atomic E-state index is 14.0. The van der Waals surface area contributed by atoms with E-state index >= 15 is 0 Å². The number of rotatable bonds is 5. The van der Waals surface area contributed by atoms with Gasteiger partial charge in [-0.15, -0.1) is 0 Å². The van der Waals surface area contributed by atoms with Gasteiger partial charge < -0.3 is 13.9 Å². The van der Waals surface area contributed by atoms with Crippen LogP contribution in [-0.2, 0) is 17.8 Å². The van der Waals surface area contributed by atoms with Gasteiger partial charge in [-0.3, -0.25) is 4.79 Å². The molecule has 7 heteroatoms. The Hall–Kier alpha value is -3.74. The quantitative estimate of drug-likeness (QED) is 0.446. The standard InChI is InChI=1S/C25H21F2N3O2/c26-18-8-9-19(20(27)15-18)22-16-28-23(32-22)10-11-24(31)30-14-13-29-12-4-7-21(29)25(30)17-5-2-1-3-6-17/h1-9,12,15-16,25H,10-11,13-14H2. The number of halogens is 2. The van der Waals surface area contributed by atoms with Crippen molar-refractivity contribution >= 4 is 5.91 Å². The molecule has 1 aliphatic heterocycles. The third kappa shape index (κ3) is 3.82. The number of hydrogen-bond donors (Lipinski definition) is 0. The number of aromatic nitrogens is 2. The molecule has 1 amide bonds. The normalized spacial score (nSPS) is 15.6. The Bertz CT molecular complexity index is 1250. The summed E-state index contributed by atoms with van der Waals surface area (Å²) in [6.45, 7) is 1.35. The number of fused-ring (bicyclic) bond motifs is 1. The van der Waals surface area contributed by atoms with Crippen LogP contribution in [0.3, 0.4) is 0 Å². The molecule has 0 saturated carbocycles. The summed E-state index contributed by atoms with van der Waals surface area (Å²) in [4.78, 5) is 19.3. The van der Waals surface area contributed by atoms with Crippen molar-refractivity contribution in [2.75, 3.05) is 6.54 Å². The second-order valence-corrected chi connectivity index (χ2v) is 7.77. The van der Waals surface area contributed by atoms with Gasteiger partial charge in [0.25, 0.3) is 0 Å². The smallest absolute Gasteiger partial charge is 0.223 e. The van der Waals surface area contributed by atoms with Crippen LogP contribution in [0.1, 0.15) is 29.6 Å². The lowest BCUT2D eigenvalue weighted by molar-refractivity contribution is -0.134. The number of benzene rings is 2. The summed E-state index contributed by atoms with van der Waals surface area (Å²) in [6, 6.07) is 17.2. The Morgan fingerprint density at radius 2 is 1.91 bits per heavy atom. The van der Waals surface area contributed by atoms with Crippen LogP contribution in [-0.4, -0.2) is 26.9 Å². The van der Waals surface area contributed by atoms with Crippen molar-refractivity contribution < 1.29 is 18.0 Å². The van der Waals surface area contributed by atoms with Gasteiger partial charge >= 0.3 is 0 Å². The van der Waals surface area contributed by atoms with E-state index < -0.39 is 11.6 Å². The lowest BCUT2D eigenvalue weighted by Crippen LogP contribution is -2.42. The van der Waals surface area contributed by atoms with Crippen molar-refractivity contribution in [1.82, 2.24) is 14.5 Å². The monoisotopic (exact) mass is 433 g/mol. The van der Waals surface area contributed by atoms with Crippen molar-refractivity contribution in [1.29, 1.82) is 0 Å². The van der Waals surface area contributed by atoms with Crippen LogP contribution in [0.4, 0.5) is 8.78 Å². The zero-order chi connectivity index (χ0) is 22.1. The van der Waals surface area contributed by atoms with E-state index in [-0.39, 0.29) is 29.7 Å². The summed E-state index contributed by atoms with van der Waals surface area (Å²) >= 11 is 0. The highest BCUT2D eigenvalue weighted by atomic mass is 19.1. The second-order valence-electron chi connectivity index (χ2n) is 7.77. The maximum atomic E-state index is 14.0. The number of nitrogens with zero attached hydrogens (tertiary/aromatic N) is 3. The van der Waals surface area contributed by atoms with Crippen LogP contribution in [0.15, 0.2) is 77.5 Å². The van der Waals surface area contributed by atoms with Crippen LogP contribution in [0.25, 0.3) is 11.3 Å². The Morgan fingerprint density at radius 3 is 2.72 bits per heavy atom. The predicted molar refractivity (Wildman–Crippen MR) is 115 cm³/mol. The Labute approximate surface area is 183 Å². The number of hydrogen-bond acceptors (Lipinski definition) is 3. The molecule has 1 aliphatic rings. The van der Waals surface area contributed by atoms with Crippen LogP contribution >= 0.6 is 0 Å². The van der Waals surface area contributed by atoms with E-state index in [1.807, 2.05) is 47.5 Å². The van der Waals surface area contributed by atoms with E-state index in [4.69, 9.17) is 4.42 Å². The van der Waals surface area contributed by atoms with Crippen molar-refractivity contribution in [3.05, 3.63) is 102 Å². The number of carbonyl (C=O) groups excluding carboxylic acids is 1. The van der Waals surface area contributed by atoms with Gasteiger partial charge in [-0.2, -0.15) is 0 Å². The molecule has 5 nitrogen and oxygen atoms in total. The largest absolute Gasteiger partial charge is 0.441 e. The minimum Gasteiger partial charge on any atom is -0.441 e. The molecule has 2 aromatic heterocycles. The fourth-order valence-corrected chi connectivity index (χ4v) is 4.24. The summed E-state index contributed by atoms with van der Waals surface area (Å²) < 4.78 is 35.0. The molecule has 0 spiro atoms. The zero-order valence-corrected chi connectivity index (χ0v) is 17.2. The van der Waals surface area contributed by atoms with Gasteiger partial charge in [0, 0.05) is 43.9 Å². The van der Waals surface area contributed by atoms with Crippen LogP contribution < -0.4 is 0 Å². The molecular weight excluding hydrogens is 412 g/mol. The minimum absolute atomic E-state index is 0.000911. The molecule has 0 aliphatic carbocycles. The highest BCUT2D eigenvalue weighted by Crippen LogP contribution is 2.33. The fourth-order valence-electron chi connectivity index (χ4n) is 4.24. The van der Waals surface area contributed by atoms with Gasteiger partial charge in [-0.25, -0.2) is 13.8 Å². The molecule has 4 aromatic rings. The van der Waals surface area contributed by atoms with Crippen LogP contribution in [0.5, 0.6) is 0 Å². The van der Waals surface area contributed by atoms with Gasteiger partial charge in [-0.05, 0) is 29.8 Å². The number of amides is 1. The Morgan fingerprint density at radius 1 is 1.06 bits per heavy atom. The number of aryl methyl sites for hydroxylation is 1. The first-order valence-electron chi connectivity index (χ1n) is 10.5. The first-order valence-corrected chi connectivity index (χ1v) is 10.5. The topological polar surface area (TPSA) is 51.3 Å². The minimum atomic E-state index is -0.717. The highest BCUT2D eigenvalue weighted by molar-refractivity contribution is 5.77. The predicted octanol–water partition coefficient (Wildman–Crippen LogP) is 4.99. The van der Waals surface area contributed by atoms with Crippen molar-refractivity contribution in [3.63, 3.8) is 0 Å². The van der Waals surface area contributed by atoms with Gasteiger partial charge in [-0.1, -0.05) is 30.3 Å². The summed E-state index contributed by atoms with van der Waals surface area (Å²) in [7, 11) is 0. The first kappa shape index (κ1) is 20.2. The van der Waals surface area contributed by atoms with Gasteiger partial charge in [0.05, 0.1) is 17.8 Å². The van der Waals surface area contributed by atoms with E-state index in [1.54, 1.807) is 0 Å². The Kier molecular flexibility index (Phi) is 5.31. The SMILES string of the molecule is O=C(CCc1ncc(-c2ccc(F)cc2F)o1)N1CCn2cccc2C1c1ccccc1. The third-order valence-electron chi connectivity index (χ3n) is 5.78. The second kappa shape index (κ2) is 8.42. The molecule has 3 heterocycles. The first-order chi connectivity index (χ1) is 15.6. The average molecular weight is 433 g/mol. The zero-order valence-electron chi connectivity index (χ0n) is 17.2. The lowest BCUT2D eigenvalue weighted by Gasteiger charge is -2.37. The summed E-state index contributed by atoms with van der Waals surface area (Å²) in [5.74, 6) is -0.821. The number of oxazole rings is 1. The van der Waals surface area contributed by atoms with E-state index in [9.17, 15) is 13.6 Å². The van der Waals surface area contributed by atoms with Crippen LogP contribution in [0.2, 0.25) is 0 Å². The molecule has 1 unspecified atom stereocenters. The average Bonchev–Trinajstić information content (AvgIpc) is 3.47. The molecule has 5 rings (SSSR count). The van der Waals surface area contributed by atoms with Crippen molar-refractivity contribution in [2.45, 2.75) is 25.4 Å². The van der Waals surface area contributed by atoms with E-state index in [0.717, 1.165) is 23.9 Å². The fraction of sp³-hybridized carbons (Fsp3) is 0.200. The molecule has 0 bridgehead atoms. The molecule has 0 radical (unpaired) electrons. The maximum Gasteiger partial charge on any atom is 0.223 e. The lowest BCUT2D eigenvalue weighted by atomic mass is 9.99. The molecule has 0 fully saturated rings. The summed E-state index contributed by atoms with van der Waals surface area (Å²) in [5.41, 5.74) is 2.28. The van der Waals surface area contributed by atoms with Crippen molar-refractivity contribution in [3.8, 4) is 11.3 Å². The highest BCUT2D eigenvalue weighted by Gasteiger charge is 2.31. The van der Waals surface area contributed by atoms with E-state index in [2.05, 4.69) is 15.6 Å². The molecular formula is C25H21F2N3O2.